The summed E-state index contributed by atoms with van der Waals surface area (Å²) in [5, 5.41) is 24.1. The van der Waals surface area contributed by atoms with Crippen molar-refractivity contribution in [2.45, 2.75) is 6.04 Å². The van der Waals surface area contributed by atoms with Crippen LogP contribution in [0.2, 0.25) is 0 Å². The van der Waals surface area contributed by atoms with E-state index in [0.29, 0.717) is 11.3 Å². The van der Waals surface area contributed by atoms with Gasteiger partial charge in [-0.3, -0.25) is 5.21 Å². The van der Waals surface area contributed by atoms with Gasteiger partial charge in [0.2, 0.25) is 0 Å². The lowest BCUT2D eigenvalue weighted by atomic mass is 10.1. The molecule has 2 aromatic carbocycles. The van der Waals surface area contributed by atoms with Gasteiger partial charge in [-0.25, -0.2) is 4.79 Å². The zero-order valence-electron chi connectivity index (χ0n) is 11.1. The molecule has 0 saturated carbocycles. The number of hydrogen-bond donors (Lipinski definition) is 4. The Bertz CT molecular complexity index is 612. The smallest absolute Gasteiger partial charge is 0.330 e. The van der Waals surface area contributed by atoms with Crippen molar-refractivity contribution >= 4 is 17.9 Å². The Morgan fingerprint density at radius 2 is 1.76 bits per heavy atom. The van der Waals surface area contributed by atoms with Crippen LogP contribution in [-0.2, 0) is 4.79 Å². The molecule has 0 aliphatic rings. The van der Waals surface area contributed by atoms with Crippen LogP contribution >= 0.6 is 0 Å². The molecule has 0 saturated heterocycles. The molecular formula is C15H15N3O3. The third kappa shape index (κ3) is 4.05. The molecule has 1 unspecified atom stereocenters. The van der Waals surface area contributed by atoms with Crippen molar-refractivity contribution in [1.29, 1.82) is 0 Å². The second-order valence-corrected chi connectivity index (χ2v) is 4.31. The molecule has 2 rings (SSSR count). The molecule has 0 amide bonds. The fourth-order valence-electron chi connectivity index (χ4n) is 1.87. The number of carboxylic acids is 1. The highest BCUT2D eigenvalue weighted by Crippen LogP contribution is 2.20. The Morgan fingerprint density at radius 3 is 2.33 bits per heavy atom. The minimum absolute atomic E-state index is 0.681. The highest BCUT2D eigenvalue weighted by atomic mass is 16.5. The van der Waals surface area contributed by atoms with Gasteiger partial charge < -0.3 is 10.4 Å². The van der Waals surface area contributed by atoms with Gasteiger partial charge in [0.1, 0.15) is 0 Å². The number of aliphatic carboxylic acids is 1. The number of nitrogens with one attached hydrogen (secondary N) is 2. The van der Waals surface area contributed by atoms with Gasteiger partial charge in [-0.2, -0.15) is 10.7 Å². The average molecular weight is 285 g/mol. The fourth-order valence-corrected chi connectivity index (χ4v) is 1.87. The summed E-state index contributed by atoms with van der Waals surface area (Å²) in [4.78, 5) is 11.4. The first-order valence-electron chi connectivity index (χ1n) is 6.27. The van der Waals surface area contributed by atoms with Crippen LogP contribution in [0.15, 0.2) is 59.7 Å². The summed E-state index contributed by atoms with van der Waals surface area (Å²) in [6.45, 7) is 0. The number of hydrazone groups is 1. The van der Waals surface area contributed by atoms with Gasteiger partial charge in [0.15, 0.2) is 6.04 Å². The fraction of sp³-hybridized carbons (Fsp3) is 0.0667. The van der Waals surface area contributed by atoms with E-state index in [0.717, 1.165) is 5.56 Å². The van der Waals surface area contributed by atoms with Crippen molar-refractivity contribution in [3.63, 3.8) is 0 Å². The molecule has 0 fully saturated rings. The zero-order valence-corrected chi connectivity index (χ0v) is 11.1. The Labute approximate surface area is 121 Å². The van der Waals surface area contributed by atoms with E-state index in [1.807, 2.05) is 6.07 Å². The molecule has 0 bridgehead atoms. The van der Waals surface area contributed by atoms with Crippen molar-refractivity contribution in [2.24, 2.45) is 5.10 Å². The molecule has 0 aliphatic heterocycles. The Kier molecular flexibility index (Phi) is 4.89. The van der Waals surface area contributed by atoms with Gasteiger partial charge in [0.05, 0.1) is 6.21 Å². The van der Waals surface area contributed by atoms with Gasteiger partial charge in [0.25, 0.3) is 0 Å². The highest BCUT2D eigenvalue weighted by Gasteiger charge is 2.18. The quantitative estimate of drug-likeness (QED) is 0.482. The molecule has 6 heteroatoms. The van der Waals surface area contributed by atoms with Gasteiger partial charge in [0, 0.05) is 5.69 Å². The standard InChI is InChI=1S/C15H15N3O3/c19-15(20)14(12-4-2-1-3-5-12)17-13-8-6-11(7-9-13)10-16-18-21/h1-10,14,17-18,21H,(H,19,20)/b16-10-. The maximum atomic E-state index is 11.4. The number of hydrogen-bond acceptors (Lipinski definition) is 5. The maximum absolute atomic E-state index is 11.4. The average Bonchev–Trinajstić information content (AvgIpc) is 2.52. The summed E-state index contributed by atoms with van der Waals surface area (Å²) in [5.41, 5.74) is 3.81. The minimum atomic E-state index is -0.948. The third-order valence-corrected chi connectivity index (χ3v) is 2.87. The molecule has 2 aromatic rings. The van der Waals surface area contributed by atoms with Crippen LogP contribution in [0.5, 0.6) is 0 Å². The molecule has 0 aromatic heterocycles. The predicted octanol–water partition coefficient (Wildman–Crippen LogP) is 2.24. The van der Waals surface area contributed by atoms with Crippen LogP contribution < -0.4 is 10.9 Å². The third-order valence-electron chi connectivity index (χ3n) is 2.87. The molecule has 1 atom stereocenters. The second kappa shape index (κ2) is 7.06. The summed E-state index contributed by atoms with van der Waals surface area (Å²) >= 11 is 0. The summed E-state index contributed by atoms with van der Waals surface area (Å²) in [5.74, 6) is -0.948. The van der Waals surface area contributed by atoms with Crippen molar-refractivity contribution in [3.05, 3.63) is 65.7 Å². The van der Waals surface area contributed by atoms with Gasteiger partial charge >= 0.3 is 5.97 Å². The Morgan fingerprint density at radius 1 is 1.10 bits per heavy atom. The van der Waals surface area contributed by atoms with Crippen molar-refractivity contribution in [2.75, 3.05) is 5.32 Å². The molecule has 0 spiro atoms. The summed E-state index contributed by atoms with van der Waals surface area (Å²) in [7, 11) is 0. The van der Waals surface area contributed by atoms with E-state index >= 15 is 0 Å². The van der Waals surface area contributed by atoms with Crippen molar-refractivity contribution in [3.8, 4) is 0 Å². The van der Waals surface area contributed by atoms with E-state index in [9.17, 15) is 9.90 Å². The van der Waals surface area contributed by atoms with E-state index in [1.165, 1.54) is 6.21 Å². The summed E-state index contributed by atoms with van der Waals surface area (Å²) < 4.78 is 0. The first-order valence-corrected chi connectivity index (χ1v) is 6.27. The van der Waals surface area contributed by atoms with Crippen LogP contribution in [0.4, 0.5) is 5.69 Å². The van der Waals surface area contributed by atoms with Crippen molar-refractivity contribution < 1.29 is 15.1 Å². The number of benzene rings is 2. The first kappa shape index (κ1) is 14.5. The van der Waals surface area contributed by atoms with Crippen LogP contribution in [0.1, 0.15) is 17.2 Å². The monoisotopic (exact) mass is 285 g/mol. The van der Waals surface area contributed by atoms with Crippen LogP contribution in [-0.4, -0.2) is 22.5 Å². The first-order chi connectivity index (χ1) is 10.2. The van der Waals surface area contributed by atoms with Crippen LogP contribution in [0, 0.1) is 0 Å². The van der Waals surface area contributed by atoms with E-state index in [1.54, 1.807) is 54.1 Å². The number of nitrogens with zero attached hydrogens (tertiary/aromatic N) is 1. The lowest BCUT2D eigenvalue weighted by molar-refractivity contribution is -0.138. The number of anilines is 1. The topological polar surface area (TPSA) is 94.0 Å². The van der Waals surface area contributed by atoms with Crippen LogP contribution in [0.3, 0.4) is 0 Å². The lowest BCUT2D eigenvalue weighted by Crippen LogP contribution is -2.20. The number of rotatable bonds is 6. The van der Waals surface area contributed by atoms with Crippen molar-refractivity contribution in [1.82, 2.24) is 5.59 Å². The molecule has 6 nitrogen and oxygen atoms in total. The molecule has 108 valence electrons. The van der Waals surface area contributed by atoms with Crippen LogP contribution in [0.25, 0.3) is 0 Å². The minimum Gasteiger partial charge on any atom is -0.479 e. The van der Waals surface area contributed by atoms with Gasteiger partial charge in [-0.05, 0) is 23.3 Å². The predicted molar refractivity (Wildman–Crippen MR) is 79.4 cm³/mol. The Balaban J connectivity index is 2.14. The lowest BCUT2D eigenvalue weighted by Gasteiger charge is -2.16. The van der Waals surface area contributed by atoms with E-state index < -0.39 is 12.0 Å². The normalized spacial score (nSPS) is 12.0. The highest BCUT2D eigenvalue weighted by molar-refractivity contribution is 5.81. The number of carboxylic acid groups (broad SMARTS) is 1. The molecule has 0 heterocycles. The largest absolute Gasteiger partial charge is 0.479 e. The molecule has 4 N–H and O–H groups in total. The summed E-state index contributed by atoms with van der Waals surface area (Å²) in [6.07, 6.45) is 1.44. The number of carbonyl (C=O) groups is 1. The molecule has 21 heavy (non-hydrogen) atoms. The van der Waals surface area contributed by atoms with Gasteiger partial charge in [-0.1, -0.05) is 42.5 Å². The van der Waals surface area contributed by atoms with E-state index in [4.69, 9.17) is 5.21 Å². The second-order valence-electron chi connectivity index (χ2n) is 4.31. The van der Waals surface area contributed by atoms with Gasteiger partial charge in [-0.15, -0.1) is 0 Å². The maximum Gasteiger partial charge on any atom is 0.330 e. The zero-order chi connectivity index (χ0) is 15.1. The Hall–Kier alpha value is -2.86. The molecular weight excluding hydrogens is 270 g/mol. The van der Waals surface area contributed by atoms with E-state index in [-0.39, 0.29) is 0 Å². The van der Waals surface area contributed by atoms with E-state index in [2.05, 4.69) is 10.4 Å². The summed E-state index contributed by atoms with van der Waals surface area (Å²) in [6, 6.07) is 15.2. The molecule has 0 aliphatic carbocycles. The SMILES string of the molecule is O=C(O)C(Nc1ccc(/C=N\NO)cc1)c1ccccc1. The molecule has 0 radical (unpaired) electrons.